The van der Waals surface area contributed by atoms with E-state index in [9.17, 15) is 19.8 Å². The molecule has 0 aliphatic carbocycles. The number of carbonyl (C=O) groups is 2. The second-order valence-electron chi connectivity index (χ2n) is 7.79. The Bertz CT molecular complexity index is 937. The largest absolute Gasteiger partial charge is 0.504 e. The topological polar surface area (TPSA) is 111 Å². The molecule has 2 bridgehead atoms. The minimum atomic E-state index is -1.04. The summed E-state index contributed by atoms with van der Waals surface area (Å²) in [5.74, 6) is -1.46. The van der Waals surface area contributed by atoms with Crippen molar-refractivity contribution in [1.29, 1.82) is 0 Å². The van der Waals surface area contributed by atoms with Gasteiger partial charge in [0.2, 0.25) is 0 Å². The Labute approximate surface area is 173 Å². The summed E-state index contributed by atoms with van der Waals surface area (Å²) in [4.78, 5) is 27.8. The molecule has 3 saturated heterocycles. The fourth-order valence-corrected chi connectivity index (χ4v) is 4.16. The van der Waals surface area contributed by atoms with E-state index >= 15 is 0 Å². The molecule has 3 aliphatic heterocycles. The highest BCUT2D eigenvalue weighted by Gasteiger charge is 2.37. The van der Waals surface area contributed by atoms with Crippen molar-refractivity contribution in [3.63, 3.8) is 0 Å². The molecule has 5 rings (SSSR count). The van der Waals surface area contributed by atoms with Gasteiger partial charge in [0.15, 0.2) is 11.5 Å². The van der Waals surface area contributed by atoms with Crippen LogP contribution in [0.5, 0.6) is 11.5 Å². The van der Waals surface area contributed by atoms with Crippen LogP contribution in [0.1, 0.15) is 28.8 Å². The summed E-state index contributed by atoms with van der Waals surface area (Å²) in [5.41, 5.74) is 0.928. The van der Waals surface area contributed by atoms with E-state index in [0.29, 0.717) is 18.0 Å². The summed E-state index contributed by atoms with van der Waals surface area (Å²) in [7, 11) is 0. The lowest BCUT2D eigenvalue weighted by Gasteiger charge is -2.44. The van der Waals surface area contributed by atoms with Gasteiger partial charge in [-0.05, 0) is 61.7 Å². The molecule has 3 heterocycles. The first kappa shape index (κ1) is 20.0. The van der Waals surface area contributed by atoms with Crippen LogP contribution >= 0.6 is 0 Å². The molecule has 0 radical (unpaired) electrons. The molecule has 3 N–H and O–H groups in total. The van der Waals surface area contributed by atoms with Crippen LogP contribution in [0.15, 0.2) is 42.5 Å². The highest BCUT2D eigenvalue weighted by molar-refractivity contribution is 5.90. The van der Waals surface area contributed by atoms with Gasteiger partial charge in [0.25, 0.3) is 0 Å². The number of amides is 1. The third kappa shape index (κ3) is 4.04. The van der Waals surface area contributed by atoms with E-state index in [1.54, 1.807) is 12.1 Å². The minimum absolute atomic E-state index is 0.0524. The molecule has 1 atom stereocenters. The van der Waals surface area contributed by atoms with Crippen molar-refractivity contribution in [2.75, 3.05) is 24.5 Å². The number of hydrogen-bond donors (Lipinski definition) is 3. The smallest absolute Gasteiger partial charge is 0.415 e. The fourth-order valence-electron chi connectivity index (χ4n) is 4.16. The molecule has 3 aliphatic rings. The van der Waals surface area contributed by atoms with Crippen molar-refractivity contribution in [3.8, 4) is 11.5 Å². The van der Waals surface area contributed by atoms with E-state index in [1.165, 1.54) is 35.2 Å². The second kappa shape index (κ2) is 8.23. The van der Waals surface area contributed by atoms with Gasteiger partial charge in [0.1, 0.15) is 6.10 Å². The zero-order valence-corrected chi connectivity index (χ0v) is 16.4. The van der Waals surface area contributed by atoms with Crippen molar-refractivity contribution in [3.05, 3.63) is 53.6 Å². The average Bonchev–Trinajstić information content (AvgIpc) is 2.75. The maximum absolute atomic E-state index is 13.1. The van der Waals surface area contributed by atoms with Crippen LogP contribution in [-0.2, 0) is 11.3 Å². The second-order valence-corrected chi connectivity index (χ2v) is 7.79. The number of rotatable bonds is 5. The number of piperidine rings is 3. The molecule has 3 fully saturated rings. The molecule has 8 nitrogen and oxygen atoms in total. The summed E-state index contributed by atoms with van der Waals surface area (Å²) in [6, 6.07) is 10.5. The minimum Gasteiger partial charge on any atom is -0.504 e. The third-order valence-electron chi connectivity index (χ3n) is 5.89. The normalized spacial score (nSPS) is 22.5. The molecule has 158 valence electrons. The highest BCUT2D eigenvalue weighted by Crippen LogP contribution is 2.37. The number of hydrogen-bond acceptors (Lipinski definition) is 6. The van der Waals surface area contributed by atoms with Crippen LogP contribution in [-0.4, -0.2) is 58.0 Å². The molecular weight excluding hydrogens is 388 g/mol. The number of ether oxygens (including phenoxy) is 1. The van der Waals surface area contributed by atoms with Crippen LogP contribution < -0.4 is 4.90 Å². The highest BCUT2D eigenvalue weighted by atomic mass is 16.6. The van der Waals surface area contributed by atoms with Crippen molar-refractivity contribution >= 4 is 17.7 Å². The quantitative estimate of drug-likeness (QED) is 0.648. The SMILES string of the molecule is O=C(O)c1ccc(CN(C(=O)O[C@H]2CN3CCC2CC3)c2cccc(O)c2O)cc1. The number of phenolic OH excluding ortho intramolecular Hbond substituents is 2. The van der Waals surface area contributed by atoms with Crippen molar-refractivity contribution < 1.29 is 29.6 Å². The zero-order valence-electron chi connectivity index (χ0n) is 16.4. The maximum Gasteiger partial charge on any atom is 0.415 e. The van der Waals surface area contributed by atoms with Gasteiger partial charge in [-0.3, -0.25) is 9.80 Å². The average molecular weight is 412 g/mol. The monoisotopic (exact) mass is 412 g/mol. The number of nitrogens with zero attached hydrogens (tertiary/aromatic N) is 2. The number of fused-ring (bicyclic) bond motifs is 3. The van der Waals surface area contributed by atoms with Gasteiger partial charge in [0.05, 0.1) is 17.8 Å². The van der Waals surface area contributed by atoms with Gasteiger partial charge >= 0.3 is 12.1 Å². The van der Waals surface area contributed by atoms with Crippen molar-refractivity contribution in [2.24, 2.45) is 5.92 Å². The number of carboxylic acids is 1. The number of aromatic carboxylic acids is 1. The van der Waals surface area contributed by atoms with E-state index in [4.69, 9.17) is 9.84 Å². The lowest BCUT2D eigenvalue weighted by molar-refractivity contribution is -0.0311. The predicted molar refractivity (Wildman–Crippen MR) is 109 cm³/mol. The van der Waals surface area contributed by atoms with E-state index in [0.717, 1.165) is 25.9 Å². The molecule has 0 aromatic heterocycles. The van der Waals surface area contributed by atoms with Crippen LogP contribution in [0, 0.1) is 5.92 Å². The van der Waals surface area contributed by atoms with Gasteiger partial charge < -0.3 is 20.1 Å². The van der Waals surface area contributed by atoms with Gasteiger partial charge in [0, 0.05) is 6.54 Å². The molecule has 2 aromatic carbocycles. The Morgan fingerprint density at radius 2 is 1.77 bits per heavy atom. The first-order valence-electron chi connectivity index (χ1n) is 9.96. The predicted octanol–water partition coefficient (Wildman–Crippen LogP) is 3.03. The number of anilines is 1. The molecule has 30 heavy (non-hydrogen) atoms. The third-order valence-corrected chi connectivity index (χ3v) is 5.89. The Morgan fingerprint density at radius 1 is 1.07 bits per heavy atom. The number of carboxylic acid groups (broad SMARTS) is 1. The lowest BCUT2D eigenvalue weighted by atomic mass is 9.86. The zero-order chi connectivity index (χ0) is 21.3. The number of carbonyl (C=O) groups excluding carboxylic acids is 1. The van der Waals surface area contributed by atoms with Gasteiger partial charge in [-0.25, -0.2) is 9.59 Å². The van der Waals surface area contributed by atoms with E-state index < -0.39 is 17.8 Å². The van der Waals surface area contributed by atoms with Gasteiger partial charge in [-0.15, -0.1) is 0 Å². The van der Waals surface area contributed by atoms with Crippen LogP contribution in [0.25, 0.3) is 0 Å². The van der Waals surface area contributed by atoms with E-state index in [2.05, 4.69) is 4.90 Å². The standard InChI is InChI=1S/C22H24N2O6/c25-18-3-1-2-17(20(18)26)24(12-14-4-6-16(7-5-14)21(27)28)22(29)30-19-13-23-10-8-15(19)9-11-23/h1-7,15,19,25-26H,8-13H2,(H,27,28)/t19-/m0/s1. The summed E-state index contributed by atoms with van der Waals surface area (Å²) in [6.45, 7) is 2.79. The van der Waals surface area contributed by atoms with Gasteiger partial charge in [-0.2, -0.15) is 0 Å². The molecule has 1 amide bonds. The van der Waals surface area contributed by atoms with Gasteiger partial charge in [-0.1, -0.05) is 18.2 Å². The van der Waals surface area contributed by atoms with E-state index in [-0.39, 0.29) is 29.6 Å². The number of aromatic hydroxyl groups is 2. The number of phenols is 2. The Balaban J connectivity index is 1.59. The molecular formula is C22H24N2O6. The van der Waals surface area contributed by atoms with Crippen molar-refractivity contribution in [1.82, 2.24) is 4.90 Å². The summed E-state index contributed by atoms with van der Waals surface area (Å²) >= 11 is 0. The summed E-state index contributed by atoms with van der Waals surface area (Å²) in [5, 5.41) is 29.3. The molecule has 2 aromatic rings. The molecule has 8 heteroatoms. The summed E-state index contributed by atoms with van der Waals surface area (Å²) in [6.07, 6.45) is 1.16. The summed E-state index contributed by atoms with van der Waals surface area (Å²) < 4.78 is 5.83. The first-order valence-corrected chi connectivity index (χ1v) is 9.96. The molecule has 0 saturated carbocycles. The first-order chi connectivity index (χ1) is 14.4. The van der Waals surface area contributed by atoms with Crippen LogP contribution in [0.2, 0.25) is 0 Å². The number of benzene rings is 2. The Hall–Kier alpha value is -3.26. The molecule has 0 spiro atoms. The fraction of sp³-hybridized carbons (Fsp3) is 0.364. The van der Waals surface area contributed by atoms with Crippen molar-refractivity contribution in [2.45, 2.75) is 25.5 Å². The Kier molecular flexibility index (Phi) is 5.50. The lowest BCUT2D eigenvalue weighted by Crippen LogP contribution is -2.53. The van der Waals surface area contributed by atoms with Crippen LogP contribution in [0.3, 0.4) is 0 Å². The molecule has 0 unspecified atom stereocenters. The maximum atomic E-state index is 13.1. The van der Waals surface area contributed by atoms with E-state index in [1.807, 2.05) is 0 Å². The van der Waals surface area contributed by atoms with Crippen LogP contribution in [0.4, 0.5) is 10.5 Å². The Morgan fingerprint density at radius 3 is 2.37 bits per heavy atom. The number of para-hydroxylation sites is 1.